The molecule has 128 valence electrons. The molecule has 2 atom stereocenters. The van der Waals surface area contributed by atoms with Crippen LogP contribution in [0.1, 0.15) is 19.8 Å². The first kappa shape index (κ1) is 17.7. The zero-order valence-corrected chi connectivity index (χ0v) is 13.7. The third-order valence-electron chi connectivity index (χ3n) is 4.26. The summed E-state index contributed by atoms with van der Waals surface area (Å²) in [5.74, 6) is 2.13. The number of carbonyl (C=O) groups is 1. The van der Waals surface area contributed by atoms with Gasteiger partial charge in [-0.05, 0) is 38.0 Å². The summed E-state index contributed by atoms with van der Waals surface area (Å²) in [4.78, 5) is 15.5. The summed E-state index contributed by atoms with van der Waals surface area (Å²) in [6, 6.07) is 0.143. The molecule has 0 radical (unpaired) electrons. The molecule has 2 aliphatic rings. The first-order valence-corrected chi connectivity index (χ1v) is 8.92. The van der Waals surface area contributed by atoms with Gasteiger partial charge >= 0.3 is 12.2 Å². The van der Waals surface area contributed by atoms with E-state index >= 15 is 0 Å². The summed E-state index contributed by atoms with van der Waals surface area (Å²) in [5, 5.41) is 2.91. The highest BCUT2D eigenvalue weighted by atomic mass is 32.2. The molecule has 1 N–H and O–H groups in total. The van der Waals surface area contributed by atoms with Crippen molar-refractivity contribution in [2.75, 3.05) is 44.2 Å². The van der Waals surface area contributed by atoms with Gasteiger partial charge in [0.05, 0.1) is 6.54 Å². The number of urea groups is 1. The smallest absolute Gasteiger partial charge is 0.338 e. The molecule has 2 fully saturated rings. The normalized spacial score (nSPS) is 27.7. The zero-order chi connectivity index (χ0) is 16.2. The third kappa shape index (κ3) is 5.53. The molecule has 8 heteroatoms. The molecule has 0 spiro atoms. The number of carbonyl (C=O) groups excluding carboxylic acids is 1. The molecule has 4 nitrogen and oxygen atoms in total. The van der Waals surface area contributed by atoms with E-state index in [9.17, 15) is 18.0 Å². The molecular formula is C14H24F3N3OS. The molecule has 2 aliphatic heterocycles. The van der Waals surface area contributed by atoms with Crippen molar-refractivity contribution in [1.82, 2.24) is 15.1 Å². The Labute approximate surface area is 133 Å². The Bertz CT molecular complexity index is 381. The maximum atomic E-state index is 12.4. The molecule has 22 heavy (non-hydrogen) atoms. The van der Waals surface area contributed by atoms with E-state index in [0.717, 1.165) is 24.5 Å². The SMILES string of the molecule is C[C@@H]1CCSCCN1C(=O)NC[C@H]1CCN(CC(F)(F)F)C1. The largest absolute Gasteiger partial charge is 0.401 e. The molecule has 2 saturated heterocycles. The van der Waals surface area contributed by atoms with Crippen LogP contribution >= 0.6 is 11.8 Å². The Kier molecular flexibility index (Phi) is 6.26. The highest BCUT2D eigenvalue weighted by Crippen LogP contribution is 2.22. The van der Waals surface area contributed by atoms with Crippen LogP contribution in [0, 0.1) is 5.92 Å². The quantitative estimate of drug-likeness (QED) is 0.858. The molecule has 0 aliphatic carbocycles. The van der Waals surface area contributed by atoms with Crippen LogP contribution in [-0.4, -0.2) is 72.3 Å². The molecule has 0 saturated carbocycles. The second-order valence-electron chi connectivity index (χ2n) is 6.13. The Morgan fingerprint density at radius 2 is 2.05 bits per heavy atom. The molecule has 2 amide bonds. The number of halogens is 3. The zero-order valence-electron chi connectivity index (χ0n) is 12.9. The average molecular weight is 339 g/mol. The van der Waals surface area contributed by atoms with Crippen molar-refractivity contribution in [3.63, 3.8) is 0 Å². The van der Waals surface area contributed by atoms with E-state index in [2.05, 4.69) is 5.32 Å². The first-order chi connectivity index (χ1) is 10.3. The Balaban J connectivity index is 1.72. The van der Waals surface area contributed by atoms with Gasteiger partial charge in [-0.15, -0.1) is 0 Å². The van der Waals surface area contributed by atoms with Crippen LogP contribution in [-0.2, 0) is 0 Å². The van der Waals surface area contributed by atoms with E-state index in [-0.39, 0.29) is 18.0 Å². The Morgan fingerprint density at radius 3 is 2.77 bits per heavy atom. The Hall–Kier alpha value is -0.630. The van der Waals surface area contributed by atoms with Crippen molar-refractivity contribution in [3.05, 3.63) is 0 Å². The monoisotopic (exact) mass is 339 g/mol. The van der Waals surface area contributed by atoms with Crippen molar-refractivity contribution in [1.29, 1.82) is 0 Å². The number of thioether (sulfide) groups is 1. The Morgan fingerprint density at radius 1 is 1.27 bits per heavy atom. The van der Waals surface area contributed by atoms with E-state index in [4.69, 9.17) is 0 Å². The number of hydrogen-bond acceptors (Lipinski definition) is 3. The van der Waals surface area contributed by atoms with Gasteiger partial charge in [0.1, 0.15) is 0 Å². The summed E-state index contributed by atoms with van der Waals surface area (Å²) in [6.07, 6.45) is -2.44. The third-order valence-corrected chi connectivity index (χ3v) is 5.26. The number of amides is 2. The van der Waals surface area contributed by atoms with Crippen LogP contribution in [0.4, 0.5) is 18.0 Å². The molecule has 0 aromatic heterocycles. The maximum Gasteiger partial charge on any atom is 0.401 e. The van der Waals surface area contributed by atoms with Gasteiger partial charge in [0.15, 0.2) is 0 Å². The van der Waals surface area contributed by atoms with Crippen molar-refractivity contribution in [2.45, 2.75) is 32.0 Å². The van der Waals surface area contributed by atoms with Gasteiger partial charge in [-0.3, -0.25) is 4.90 Å². The fourth-order valence-corrected chi connectivity index (χ4v) is 4.04. The maximum absolute atomic E-state index is 12.4. The fraction of sp³-hybridized carbons (Fsp3) is 0.929. The van der Waals surface area contributed by atoms with Gasteiger partial charge in [0.2, 0.25) is 0 Å². The van der Waals surface area contributed by atoms with Crippen molar-refractivity contribution in [3.8, 4) is 0 Å². The fourth-order valence-electron chi connectivity index (χ4n) is 3.01. The summed E-state index contributed by atoms with van der Waals surface area (Å²) in [6.45, 7) is 3.26. The van der Waals surface area contributed by atoms with Crippen molar-refractivity contribution < 1.29 is 18.0 Å². The second-order valence-corrected chi connectivity index (χ2v) is 7.36. The van der Waals surface area contributed by atoms with Gasteiger partial charge < -0.3 is 10.2 Å². The minimum atomic E-state index is -4.14. The van der Waals surface area contributed by atoms with Crippen LogP contribution in [0.5, 0.6) is 0 Å². The average Bonchev–Trinajstić information content (AvgIpc) is 2.73. The lowest BCUT2D eigenvalue weighted by molar-refractivity contribution is -0.143. The van der Waals surface area contributed by atoms with Crippen LogP contribution < -0.4 is 5.32 Å². The van der Waals surface area contributed by atoms with Crippen LogP contribution in [0.15, 0.2) is 0 Å². The predicted octanol–water partition coefficient (Wildman–Crippen LogP) is 2.41. The lowest BCUT2D eigenvalue weighted by atomic mass is 10.1. The van der Waals surface area contributed by atoms with Crippen molar-refractivity contribution >= 4 is 17.8 Å². The molecule has 2 rings (SSSR count). The molecule has 0 aromatic carbocycles. The number of rotatable bonds is 3. The van der Waals surface area contributed by atoms with E-state index in [1.807, 2.05) is 23.6 Å². The highest BCUT2D eigenvalue weighted by Gasteiger charge is 2.34. The minimum absolute atomic E-state index is 0.0794. The van der Waals surface area contributed by atoms with Gasteiger partial charge in [-0.25, -0.2) is 4.79 Å². The molecule has 0 bridgehead atoms. The van der Waals surface area contributed by atoms with E-state index in [0.29, 0.717) is 26.1 Å². The minimum Gasteiger partial charge on any atom is -0.338 e. The second kappa shape index (κ2) is 7.77. The molecule has 2 heterocycles. The van der Waals surface area contributed by atoms with Gasteiger partial charge in [0, 0.05) is 31.4 Å². The summed E-state index contributed by atoms with van der Waals surface area (Å²) >= 11 is 1.85. The topological polar surface area (TPSA) is 35.6 Å². The summed E-state index contributed by atoms with van der Waals surface area (Å²) < 4.78 is 37.1. The molecular weight excluding hydrogens is 315 g/mol. The highest BCUT2D eigenvalue weighted by molar-refractivity contribution is 7.99. The number of alkyl halides is 3. The first-order valence-electron chi connectivity index (χ1n) is 7.76. The van der Waals surface area contributed by atoms with Gasteiger partial charge in [0.25, 0.3) is 0 Å². The standard InChI is InChI=1S/C14H24F3N3OS/c1-11-3-6-22-7-5-20(11)13(21)18-8-12-2-4-19(9-12)10-14(15,16)17/h11-12H,2-10H2,1H3,(H,18,21)/t11-,12-/m1/s1. The van der Waals surface area contributed by atoms with E-state index in [1.165, 1.54) is 4.90 Å². The lowest BCUT2D eigenvalue weighted by Gasteiger charge is -2.27. The molecule has 0 aromatic rings. The number of nitrogens with zero attached hydrogens (tertiary/aromatic N) is 2. The van der Waals surface area contributed by atoms with Gasteiger partial charge in [-0.2, -0.15) is 24.9 Å². The van der Waals surface area contributed by atoms with Crippen molar-refractivity contribution in [2.24, 2.45) is 5.92 Å². The van der Waals surface area contributed by atoms with E-state index < -0.39 is 12.7 Å². The summed E-state index contributed by atoms with van der Waals surface area (Å²) in [5.41, 5.74) is 0. The predicted molar refractivity (Wildman–Crippen MR) is 82.1 cm³/mol. The van der Waals surface area contributed by atoms with Gasteiger partial charge in [-0.1, -0.05) is 0 Å². The number of hydrogen-bond donors (Lipinski definition) is 1. The van der Waals surface area contributed by atoms with Crippen LogP contribution in [0.3, 0.4) is 0 Å². The summed E-state index contributed by atoms with van der Waals surface area (Å²) in [7, 11) is 0. The van der Waals surface area contributed by atoms with E-state index in [1.54, 1.807) is 0 Å². The van der Waals surface area contributed by atoms with Crippen LogP contribution in [0.25, 0.3) is 0 Å². The number of nitrogens with one attached hydrogen (secondary N) is 1. The number of likely N-dealkylation sites (tertiary alicyclic amines) is 1. The lowest BCUT2D eigenvalue weighted by Crippen LogP contribution is -2.47. The molecule has 0 unspecified atom stereocenters. The van der Waals surface area contributed by atoms with Crippen LogP contribution in [0.2, 0.25) is 0 Å².